The van der Waals surface area contributed by atoms with Crippen molar-refractivity contribution in [1.29, 1.82) is 0 Å². The molecular weight excluding hydrogens is 234 g/mol. The second kappa shape index (κ2) is 3.67. The Labute approximate surface area is 103 Å². The number of amides is 1. The molecule has 7 nitrogen and oxygen atoms in total. The highest BCUT2D eigenvalue weighted by Gasteiger charge is 2.42. The van der Waals surface area contributed by atoms with Crippen molar-refractivity contribution in [2.75, 3.05) is 18.0 Å². The Bertz CT molecular complexity index is 610. The molecule has 1 fully saturated rings. The first kappa shape index (κ1) is 11.0. The van der Waals surface area contributed by atoms with Crippen molar-refractivity contribution in [1.82, 2.24) is 15.0 Å². The number of anilines is 1. The largest absolute Gasteiger partial charge is 0.378 e. The number of hydrogen-bond donors (Lipinski definition) is 3. The number of nitrogens with zero attached hydrogens (tertiary/aromatic N) is 3. The van der Waals surface area contributed by atoms with E-state index in [1.807, 2.05) is 11.0 Å². The van der Waals surface area contributed by atoms with E-state index in [0.717, 1.165) is 11.0 Å². The van der Waals surface area contributed by atoms with E-state index in [4.69, 9.17) is 5.73 Å². The SMILES string of the molecule is NC(=O)[C@]1(O)CCN(c2ncnc3[nH]ccc23)C1. The van der Waals surface area contributed by atoms with Gasteiger partial charge in [-0.2, -0.15) is 0 Å². The highest BCUT2D eigenvalue weighted by Crippen LogP contribution is 2.29. The number of aliphatic hydroxyl groups is 1. The number of rotatable bonds is 2. The summed E-state index contributed by atoms with van der Waals surface area (Å²) in [5.41, 5.74) is 4.48. The van der Waals surface area contributed by atoms with Crippen LogP contribution in [0.1, 0.15) is 6.42 Å². The van der Waals surface area contributed by atoms with E-state index in [2.05, 4.69) is 15.0 Å². The quantitative estimate of drug-likeness (QED) is 0.655. The minimum absolute atomic E-state index is 0.166. The van der Waals surface area contributed by atoms with Crippen molar-refractivity contribution in [2.45, 2.75) is 12.0 Å². The van der Waals surface area contributed by atoms with E-state index >= 15 is 0 Å². The van der Waals surface area contributed by atoms with E-state index in [9.17, 15) is 9.90 Å². The zero-order valence-corrected chi connectivity index (χ0v) is 9.63. The van der Waals surface area contributed by atoms with Gasteiger partial charge in [0.15, 0.2) is 5.60 Å². The lowest BCUT2D eigenvalue weighted by atomic mass is 10.0. The molecule has 2 aromatic rings. The molecule has 1 aliphatic rings. The summed E-state index contributed by atoms with van der Waals surface area (Å²) in [6.07, 6.45) is 3.55. The topological polar surface area (TPSA) is 108 Å². The maximum absolute atomic E-state index is 11.2. The fraction of sp³-hybridized carbons (Fsp3) is 0.364. The summed E-state index contributed by atoms with van der Waals surface area (Å²) in [6.45, 7) is 0.705. The Kier molecular flexibility index (Phi) is 2.24. The van der Waals surface area contributed by atoms with E-state index in [1.165, 1.54) is 6.33 Å². The van der Waals surface area contributed by atoms with Crippen molar-refractivity contribution in [3.05, 3.63) is 18.6 Å². The standard InChI is InChI=1S/C11H13N5O2/c12-10(17)11(18)2-4-16(5-11)9-7-1-3-13-8(7)14-6-15-9/h1,3,6,18H,2,4-5H2,(H2,12,17)(H,13,14,15)/t11-/m0/s1. The zero-order chi connectivity index (χ0) is 12.8. The van der Waals surface area contributed by atoms with Crippen LogP contribution in [0.3, 0.4) is 0 Å². The third kappa shape index (κ3) is 1.52. The average molecular weight is 247 g/mol. The summed E-state index contributed by atoms with van der Waals surface area (Å²) in [7, 11) is 0. The number of nitrogens with two attached hydrogens (primary N) is 1. The van der Waals surface area contributed by atoms with Gasteiger partial charge in [-0.25, -0.2) is 9.97 Å². The van der Waals surface area contributed by atoms with Crippen LogP contribution < -0.4 is 10.6 Å². The van der Waals surface area contributed by atoms with E-state index in [1.54, 1.807) is 6.20 Å². The number of nitrogens with one attached hydrogen (secondary N) is 1. The van der Waals surface area contributed by atoms with Crippen LogP contribution in [0.25, 0.3) is 11.0 Å². The molecule has 0 aromatic carbocycles. The van der Waals surface area contributed by atoms with Gasteiger partial charge in [-0.15, -0.1) is 0 Å². The van der Waals surface area contributed by atoms with E-state index in [0.29, 0.717) is 18.8 Å². The molecule has 0 saturated carbocycles. The van der Waals surface area contributed by atoms with Crippen LogP contribution in [-0.2, 0) is 4.79 Å². The number of β-amino-alcohol motifs (C(OH)–C–C–N with tert-alkyl or cyclic N) is 1. The van der Waals surface area contributed by atoms with Gasteiger partial charge in [-0.05, 0) is 6.07 Å². The molecule has 0 radical (unpaired) electrons. The smallest absolute Gasteiger partial charge is 0.251 e. The minimum atomic E-state index is -1.46. The molecule has 7 heteroatoms. The lowest BCUT2D eigenvalue weighted by molar-refractivity contribution is -0.134. The molecule has 1 aliphatic heterocycles. The third-order valence-corrected chi connectivity index (χ3v) is 3.34. The second-order valence-electron chi connectivity index (χ2n) is 4.50. The van der Waals surface area contributed by atoms with Crippen LogP contribution in [0.2, 0.25) is 0 Å². The molecule has 0 unspecified atom stereocenters. The molecule has 0 aliphatic carbocycles. The van der Waals surface area contributed by atoms with E-state index < -0.39 is 11.5 Å². The van der Waals surface area contributed by atoms with Gasteiger partial charge < -0.3 is 20.7 Å². The molecule has 0 spiro atoms. The number of fused-ring (bicyclic) bond motifs is 1. The molecule has 3 rings (SSSR count). The number of hydrogen-bond acceptors (Lipinski definition) is 5. The molecule has 18 heavy (non-hydrogen) atoms. The maximum atomic E-state index is 11.2. The Morgan fingerprint density at radius 2 is 2.39 bits per heavy atom. The van der Waals surface area contributed by atoms with Crippen LogP contribution in [0, 0.1) is 0 Å². The van der Waals surface area contributed by atoms with Crippen LogP contribution in [0.4, 0.5) is 5.82 Å². The van der Waals surface area contributed by atoms with Crippen molar-refractivity contribution < 1.29 is 9.90 Å². The van der Waals surface area contributed by atoms with Crippen molar-refractivity contribution >= 4 is 22.8 Å². The van der Waals surface area contributed by atoms with Crippen LogP contribution in [0.15, 0.2) is 18.6 Å². The number of aromatic amines is 1. The van der Waals surface area contributed by atoms with Crippen LogP contribution in [-0.4, -0.2) is 44.7 Å². The summed E-state index contributed by atoms with van der Waals surface area (Å²) in [5.74, 6) is 0.0165. The van der Waals surface area contributed by atoms with Crippen LogP contribution >= 0.6 is 0 Å². The first-order valence-corrected chi connectivity index (χ1v) is 5.65. The summed E-state index contributed by atoms with van der Waals surface area (Å²) < 4.78 is 0. The molecule has 3 heterocycles. The van der Waals surface area contributed by atoms with Gasteiger partial charge in [-0.1, -0.05) is 0 Å². The molecule has 1 amide bonds. The van der Waals surface area contributed by atoms with Gasteiger partial charge in [0, 0.05) is 19.2 Å². The molecule has 1 atom stereocenters. The first-order chi connectivity index (χ1) is 8.60. The van der Waals surface area contributed by atoms with Gasteiger partial charge in [-0.3, -0.25) is 4.79 Å². The summed E-state index contributed by atoms with van der Waals surface area (Å²) in [6, 6.07) is 1.87. The van der Waals surface area contributed by atoms with Crippen molar-refractivity contribution in [3.63, 3.8) is 0 Å². The maximum Gasteiger partial charge on any atom is 0.251 e. The number of carbonyl (C=O) groups is 1. The number of H-pyrrole nitrogens is 1. The predicted molar refractivity (Wildman–Crippen MR) is 64.9 cm³/mol. The molecular formula is C11H13N5O2. The van der Waals surface area contributed by atoms with E-state index in [-0.39, 0.29) is 6.54 Å². The summed E-state index contributed by atoms with van der Waals surface area (Å²) >= 11 is 0. The van der Waals surface area contributed by atoms with Gasteiger partial charge in [0.1, 0.15) is 17.8 Å². The monoisotopic (exact) mass is 247 g/mol. The zero-order valence-electron chi connectivity index (χ0n) is 9.63. The Morgan fingerprint density at radius 1 is 1.56 bits per heavy atom. The Morgan fingerprint density at radius 3 is 3.11 bits per heavy atom. The molecule has 0 bridgehead atoms. The molecule has 94 valence electrons. The number of carbonyl (C=O) groups excluding carboxylic acids is 1. The summed E-state index contributed by atoms with van der Waals surface area (Å²) in [4.78, 5) is 24.4. The highest BCUT2D eigenvalue weighted by atomic mass is 16.3. The third-order valence-electron chi connectivity index (χ3n) is 3.34. The number of aromatic nitrogens is 3. The van der Waals surface area contributed by atoms with Gasteiger partial charge in [0.05, 0.1) is 11.9 Å². The number of primary amides is 1. The molecule has 2 aromatic heterocycles. The predicted octanol–water partition coefficient (Wildman–Crippen LogP) is -0.616. The van der Waals surface area contributed by atoms with Crippen molar-refractivity contribution in [3.8, 4) is 0 Å². The Balaban J connectivity index is 1.98. The average Bonchev–Trinajstić information content (AvgIpc) is 2.95. The van der Waals surface area contributed by atoms with Gasteiger partial charge in [0.25, 0.3) is 5.91 Å². The minimum Gasteiger partial charge on any atom is -0.378 e. The molecule has 1 saturated heterocycles. The second-order valence-corrected chi connectivity index (χ2v) is 4.50. The van der Waals surface area contributed by atoms with Gasteiger partial charge in [0.2, 0.25) is 0 Å². The fourth-order valence-corrected chi connectivity index (χ4v) is 2.29. The van der Waals surface area contributed by atoms with Crippen LogP contribution in [0.5, 0.6) is 0 Å². The lowest BCUT2D eigenvalue weighted by Gasteiger charge is -2.21. The Hall–Kier alpha value is -2.15. The first-order valence-electron chi connectivity index (χ1n) is 5.65. The summed E-state index contributed by atoms with van der Waals surface area (Å²) in [5, 5.41) is 10.9. The lowest BCUT2D eigenvalue weighted by Crippen LogP contribution is -2.46. The van der Waals surface area contributed by atoms with Crippen molar-refractivity contribution in [2.24, 2.45) is 5.73 Å². The van der Waals surface area contributed by atoms with Gasteiger partial charge >= 0.3 is 0 Å². The molecule has 4 N–H and O–H groups in total. The fourth-order valence-electron chi connectivity index (χ4n) is 2.29. The normalized spacial score (nSPS) is 23.7. The highest BCUT2D eigenvalue weighted by molar-refractivity contribution is 5.89.